The number of benzene rings is 2. The summed E-state index contributed by atoms with van der Waals surface area (Å²) in [6.45, 7) is 0.120. The van der Waals surface area contributed by atoms with Crippen molar-refractivity contribution in [2.75, 3.05) is 26.4 Å². The first-order chi connectivity index (χ1) is 15.5. The highest BCUT2D eigenvalue weighted by molar-refractivity contribution is 7.88. The zero-order valence-corrected chi connectivity index (χ0v) is 19.0. The number of hydrogen-bond donors (Lipinski definition) is 2. The van der Waals surface area contributed by atoms with Gasteiger partial charge in [-0.05, 0) is 66.1 Å². The summed E-state index contributed by atoms with van der Waals surface area (Å²) in [7, 11) is -2.11. The number of likely N-dealkylation sites (N-methyl/N-ethyl adjacent to an activating group) is 1. The van der Waals surface area contributed by atoms with E-state index in [2.05, 4.69) is 10.3 Å². The van der Waals surface area contributed by atoms with E-state index < -0.39 is 33.4 Å². The van der Waals surface area contributed by atoms with E-state index in [4.69, 9.17) is 0 Å². The first kappa shape index (κ1) is 23.3. The Morgan fingerprint density at radius 3 is 2.42 bits per heavy atom. The van der Waals surface area contributed by atoms with Gasteiger partial charge in [0.05, 0.1) is 24.0 Å². The van der Waals surface area contributed by atoms with Crippen molar-refractivity contribution in [2.45, 2.75) is 18.8 Å². The van der Waals surface area contributed by atoms with Gasteiger partial charge in [0.25, 0.3) is 0 Å². The summed E-state index contributed by atoms with van der Waals surface area (Å²) in [5, 5.41) is 3.20. The lowest BCUT2D eigenvalue weighted by Gasteiger charge is -2.36. The minimum atomic E-state index is -3.44. The molecule has 1 fully saturated rings. The minimum absolute atomic E-state index is 0.000554. The summed E-state index contributed by atoms with van der Waals surface area (Å²) in [4.78, 5) is 15.1. The van der Waals surface area contributed by atoms with E-state index in [1.54, 1.807) is 12.1 Å². The van der Waals surface area contributed by atoms with Gasteiger partial charge >= 0.3 is 0 Å². The molecule has 10 heteroatoms. The molecule has 2 aromatic carbocycles. The van der Waals surface area contributed by atoms with Crippen LogP contribution in [0.15, 0.2) is 36.4 Å². The van der Waals surface area contributed by atoms with Crippen molar-refractivity contribution in [3.05, 3.63) is 59.4 Å². The number of rotatable bonds is 7. The first-order valence-electron chi connectivity index (χ1n) is 10.5. The third-order valence-corrected chi connectivity index (χ3v) is 7.42. The average Bonchev–Trinajstić information content (AvgIpc) is 3.06. The number of nitrogens with one attached hydrogen (secondary N) is 2. The smallest absolute Gasteiger partial charge is 0.235 e. The monoisotopic (exact) mass is 479 g/mol. The lowest BCUT2D eigenvalue weighted by atomic mass is 9.70. The normalized spacial score (nSPS) is 18.5. The molecule has 0 bridgehead atoms. The second-order valence-electron chi connectivity index (χ2n) is 8.59. The van der Waals surface area contributed by atoms with Crippen LogP contribution >= 0.6 is 0 Å². The molecule has 176 valence electrons. The lowest BCUT2D eigenvalue weighted by molar-refractivity contribution is -0.121. The maximum Gasteiger partial charge on any atom is 0.235 e. The molecule has 4 rings (SSSR count). The quantitative estimate of drug-likeness (QED) is 0.542. The van der Waals surface area contributed by atoms with Crippen molar-refractivity contribution in [1.82, 2.24) is 14.6 Å². The molecule has 33 heavy (non-hydrogen) atoms. The Bertz CT molecular complexity index is 1300. The molecular formula is C23H24F3N3O3S. The second kappa shape index (κ2) is 8.83. The van der Waals surface area contributed by atoms with Gasteiger partial charge in [-0.15, -0.1) is 0 Å². The van der Waals surface area contributed by atoms with Crippen LogP contribution in [0.4, 0.5) is 13.2 Å². The summed E-state index contributed by atoms with van der Waals surface area (Å²) < 4.78 is 65.7. The maximum absolute atomic E-state index is 14.5. The van der Waals surface area contributed by atoms with Crippen molar-refractivity contribution in [3.8, 4) is 11.3 Å². The molecule has 2 N–H and O–H groups in total. The van der Waals surface area contributed by atoms with E-state index in [1.165, 1.54) is 25.2 Å². The molecule has 0 radical (unpaired) electrons. The molecule has 1 heterocycles. The highest BCUT2D eigenvalue weighted by Crippen LogP contribution is 2.48. The van der Waals surface area contributed by atoms with Crippen LogP contribution in [0.5, 0.6) is 0 Å². The number of fused-ring (bicyclic) bond motifs is 1. The molecule has 1 aliphatic carbocycles. The van der Waals surface area contributed by atoms with Crippen molar-refractivity contribution >= 4 is 26.8 Å². The van der Waals surface area contributed by atoms with Crippen LogP contribution in [0.3, 0.4) is 0 Å². The fourth-order valence-electron chi connectivity index (χ4n) is 4.28. The summed E-state index contributed by atoms with van der Waals surface area (Å²) in [5.41, 5.74) is 2.26. The zero-order valence-electron chi connectivity index (χ0n) is 18.2. The van der Waals surface area contributed by atoms with Crippen LogP contribution in [0.25, 0.3) is 22.2 Å². The topological polar surface area (TPSA) is 82.3 Å². The van der Waals surface area contributed by atoms with Crippen molar-refractivity contribution in [2.24, 2.45) is 5.92 Å². The fraction of sp³-hybridized carbons (Fsp3) is 0.348. The Hall–Kier alpha value is -2.85. The summed E-state index contributed by atoms with van der Waals surface area (Å²) in [6.07, 6.45) is 2.39. The minimum Gasteiger partial charge on any atom is -0.355 e. The van der Waals surface area contributed by atoms with Crippen LogP contribution in [-0.2, 0) is 14.8 Å². The van der Waals surface area contributed by atoms with Gasteiger partial charge in [0, 0.05) is 25.0 Å². The highest BCUT2D eigenvalue weighted by Gasteiger charge is 2.35. The highest BCUT2D eigenvalue weighted by atomic mass is 32.2. The number of carbonyl (C=O) groups excluding carboxylic acids is 1. The summed E-state index contributed by atoms with van der Waals surface area (Å²) in [5.74, 6) is -2.02. The number of carbonyl (C=O) groups is 1. The van der Waals surface area contributed by atoms with Gasteiger partial charge in [-0.2, -0.15) is 4.31 Å². The molecule has 0 aliphatic heterocycles. The lowest BCUT2D eigenvalue weighted by Crippen LogP contribution is -2.41. The van der Waals surface area contributed by atoms with Gasteiger partial charge in [-0.1, -0.05) is 0 Å². The van der Waals surface area contributed by atoms with E-state index in [9.17, 15) is 26.4 Å². The largest absolute Gasteiger partial charge is 0.355 e. The van der Waals surface area contributed by atoms with E-state index >= 15 is 0 Å². The van der Waals surface area contributed by atoms with Gasteiger partial charge in [0.1, 0.15) is 17.5 Å². The van der Waals surface area contributed by atoms with Gasteiger partial charge in [0.2, 0.25) is 15.9 Å². The molecule has 0 spiro atoms. The zero-order chi connectivity index (χ0) is 23.9. The third-order valence-electron chi connectivity index (χ3n) is 6.16. The number of H-pyrrole nitrogens is 1. The fourth-order valence-corrected chi connectivity index (χ4v) is 4.63. The van der Waals surface area contributed by atoms with E-state index in [1.807, 2.05) is 0 Å². The van der Waals surface area contributed by atoms with Crippen LogP contribution in [0, 0.1) is 23.4 Å². The predicted molar refractivity (Wildman–Crippen MR) is 120 cm³/mol. The van der Waals surface area contributed by atoms with Crippen molar-refractivity contribution in [1.29, 1.82) is 0 Å². The number of aromatic nitrogens is 1. The number of amides is 1. The molecule has 1 aliphatic rings. The van der Waals surface area contributed by atoms with Gasteiger partial charge in [-0.25, -0.2) is 21.6 Å². The van der Waals surface area contributed by atoms with Gasteiger partial charge in [0.15, 0.2) is 0 Å². The molecular weight excluding hydrogens is 455 g/mol. The second-order valence-corrected chi connectivity index (χ2v) is 10.7. The SMILES string of the molecule is CN(CC(=O)NCC1CC(c2c(-c3ccc(F)cc3)[nH]c3c(F)cc(F)cc23)C1)S(C)(=O)=O. The third kappa shape index (κ3) is 4.91. The number of hydrogen-bond acceptors (Lipinski definition) is 3. The standard InChI is InChI=1S/C23H24F3N3O3S/c1-29(33(2,31)32)12-20(30)27-11-13-7-15(8-13)21-18-9-17(25)10-19(26)23(18)28-22(21)14-3-5-16(24)6-4-14/h3-6,9-10,13,15,28H,7-8,11-12H2,1-2H3,(H,27,30). The van der Waals surface area contributed by atoms with Crippen LogP contribution in [-0.4, -0.2) is 50.0 Å². The Morgan fingerprint density at radius 2 is 1.79 bits per heavy atom. The van der Waals surface area contributed by atoms with Crippen LogP contribution in [0.1, 0.15) is 24.3 Å². The summed E-state index contributed by atoms with van der Waals surface area (Å²) in [6, 6.07) is 7.93. The van der Waals surface area contributed by atoms with E-state index in [-0.39, 0.29) is 23.9 Å². The molecule has 6 nitrogen and oxygen atoms in total. The average molecular weight is 480 g/mol. The maximum atomic E-state index is 14.5. The van der Waals surface area contributed by atoms with Gasteiger partial charge < -0.3 is 10.3 Å². The van der Waals surface area contributed by atoms with Crippen molar-refractivity contribution in [3.63, 3.8) is 0 Å². The van der Waals surface area contributed by atoms with E-state index in [0.717, 1.165) is 22.2 Å². The summed E-state index contributed by atoms with van der Waals surface area (Å²) >= 11 is 0. The molecule has 1 aromatic heterocycles. The Kier molecular flexibility index (Phi) is 6.24. The molecule has 3 aromatic rings. The predicted octanol–water partition coefficient (Wildman–Crippen LogP) is 3.75. The number of aromatic amines is 1. The van der Waals surface area contributed by atoms with E-state index in [0.29, 0.717) is 36.0 Å². The van der Waals surface area contributed by atoms with Crippen LogP contribution < -0.4 is 5.32 Å². The first-order valence-corrected chi connectivity index (χ1v) is 12.3. The van der Waals surface area contributed by atoms with Crippen LogP contribution in [0.2, 0.25) is 0 Å². The number of sulfonamides is 1. The molecule has 1 saturated carbocycles. The Morgan fingerprint density at radius 1 is 1.12 bits per heavy atom. The molecule has 0 unspecified atom stereocenters. The number of halogens is 3. The Labute approximate surface area is 189 Å². The molecule has 1 amide bonds. The van der Waals surface area contributed by atoms with Gasteiger partial charge in [-0.3, -0.25) is 4.79 Å². The van der Waals surface area contributed by atoms with Crippen molar-refractivity contribution < 1.29 is 26.4 Å². The molecule has 0 saturated heterocycles. The molecule has 0 atom stereocenters. The Balaban J connectivity index is 1.51. The number of nitrogens with zero attached hydrogens (tertiary/aromatic N) is 1.